The van der Waals surface area contributed by atoms with Gasteiger partial charge in [0.1, 0.15) is 11.4 Å². The van der Waals surface area contributed by atoms with Crippen molar-refractivity contribution in [3.05, 3.63) is 72.3 Å². The van der Waals surface area contributed by atoms with Crippen molar-refractivity contribution in [2.75, 3.05) is 7.11 Å². The van der Waals surface area contributed by atoms with Crippen molar-refractivity contribution in [3.8, 4) is 11.4 Å². The Morgan fingerprint density at radius 3 is 2.50 bits per heavy atom. The molecule has 5 heteroatoms. The Kier molecular flexibility index (Phi) is 3.96. The van der Waals surface area contributed by atoms with Crippen molar-refractivity contribution >= 4 is 6.21 Å². The van der Waals surface area contributed by atoms with Gasteiger partial charge in [0.15, 0.2) is 0 Å². The lowest BCUT2D eigenvalue weighted by molar-refractivity contribution is -0.678. The van der Waals surface area contributed by atoms with Crippen molar-refractivity contribution in [2.24, 2.45) is 5.10 Å². The third kappa shape index (κ3) is 3.20. The maximum atomic E-state index is 5.13. The summed E-state index contributed by atoms with van der Waals surface area (Å²) in [6, 6.07) is 15.9. The minimum Gasteiger partial charge on any atom is -0.497 e. The predicted molar refractivity (Wildman–Crippen MR) is 84.5 cm³/mol. The number of benzene rings is 2. The first-order valence-electron chi connectivity index (χ1n) is 6.96. The fourth-order valence-corrected chi connectivity index (χ4v) is 1.99. The minimum atomic E-state index is 0.831. The van der Waals surface area contributed by atoms with E-state index in [4.69, 9.17) is 4.74 Å². The molecule has 0 radical (unpaired) electrons. The maximum Gasteiger partial charge on any atom is 0.289 e. The molecule has 0 N–H and O–H groups in total. The van der Waals surface area contributed by atoms with E-state index >= 15 is 0 Å². The summed E-state index contributed by atoms with van der Waals surface area (Å²) in [7, 11) is 1.65. The second kappa shape index (κ2) is 6.22. The van der Waals surface area contributed by atoms with E-state index < -0.39 is 0 Å². The second-order valence-electron chi connectivity index (χ2n) is 4.92. The van der Waals surface area contributed by atoms with Gasteiger partial charge in [0, 0.05) is 5.10 Å². The average molecular weight is 293 g/mol. The Bertz CT molecular complexity index is 773. The van der Waals surface area contributed by atoms with Crippen LogP contribution < -0.4 is 9.41 Å². The number of aryl methyl sites for hydroxylation is 1. The van der Waals surface area contributed by atoms with Crippen molar-refractivity contribution in [3.63, 3.8) is 0 Å². The molecule has 0 atom stereocenters. The molecular formula is C17H17N4O+. The van der Waals surface area contributed by atoms with Crippen molar-refractivity contribution < 1.29 is 9.41 Å². The molecular weight excluding hydrogens is 276 g/mol. The summed E-state index contributed by atoms with van der Waals surface area (Å²) in [5.41, 5.74) is 3.22. The molecule has 3 aromatic rings. The van der Waals surface area contributed by atoms with E-state index in [1.807, 2.05) is 42.7 Å². The normalized spacial score (nSPS) is 11.0. The highest BCUT2D eigenvalue weighted by Gasteiger charge is 2.07. The van der Waals surface area contributed by atoms with Gasteiger partial charge in [-0.05, 0) is 48.9 Å². The lowest BCUT2D eigenvalue weighted by Gasteiger charge is -1.97. The predicted octanol–water partition coefficient (Wildman–Crippen LogP) is 2.36. The van der Waals surface area contributed by atoms with Gasteiger partial charge >= 0.3 is 0 Å². The van der Waals surface area contributed by atoms with Crippen LogP contribution in [0, 0.1) is 6.92 Å². The fraction of sp³-hybridized carbons (Fsp3) is 0.118. The molecule has 1 heterocycles. The summed E-state index contributed by atoms with van der Waals surface area (Å²) >= 11 is 0. The van der Waals surface area contributed by atoms with Gasteiger partial charge in [-0.25, -0.2) is 0 Å². The van der Waals surface area contributed by atoms with Crippen LogP contribution in [0.15, 0.2) is 66.3 Å². The third-order valence-electron chi connectivity index (χ3n) is 3.28. The van der Waals surface area contributed by atoms with Gasteiger partial charge in [0.2, 0.25) is 0 Å². The highest BCUT2D eigenvalue weighted by Crippen LogP contribution is 2.09. The van der Waals surface area contributed by atoms with Crippen LogP contribution in [0.1, 0.15) is 11.1 Å². The average Bonchev–Trinajstić information content (AvgIpc) is 3.03. The molecule has 0 spiro atoms. The van der Waals surface area contributed by atoms with Gasteiger partial charge in [0.25, 0.3) is 12.7 Å². The van der Waals surface area contributed by atoms with Crippen LogP contribution in [0.25, 0.3) is 5.69 Å². The molecule has 0 bridgehead atoms. The molecule has 22 heavy (non-hydrogen) atoms. The molecule has 2 aromatic carbocycles. The molecule has 0 saturated heterocycles. The molecule has 0 saturated carbocycles. The van der Waals surface area contributed by atoms with Crippen LogP contribution in [-0.4, -0.2) is 23.1 Å². The van der Waals surface area contributed by atoms with Crippen LogP contribution in [0.2, 0.25) is 0 Å². The number of ether oxygens (including phenoxy) is 1. The van der Waals surface area contributed by atoms with E-state index in [0.29, 0.717) is 0 Å². The van der Waals surface area contributed by atoms with Crippen LogP contribution >= 0.6 is 0 Å². The summed E-state index contributed by atoms with van der Waals surface area (Å²) in [6.07, 6.45) is 5.27. The zero-order chi connectivity index (χ0) is 15.4. The van der Waals surface area contributed by atoms with Crippen LogP contribution in [0.4, 0.5) is 0 Å². The Hall–Kier alpha value is -2.95. The topological polar surface area (TPSA) is 43.3 Å². The largest absolute Gasteiger partial charge is 0.497 e. The molecule has 0 fully saturated rings. The van der Waals surface area contributed by atoms with Gasteiger partial charge in [-0.15, -0.1) is 9.78 Å². The van der Waals surface area contributed by atoms with Gasteiger partial charge < -0.3 is 4.74 Å². The Morgan fingerprint density at radius 2 is 1.82 bits per heavy atom. The minimum absolute atomic E-state index is 0.831. The fourth-order valence-electron chi connectivity index (χ4n) is 1.99. The Labute approximate surface area is 129 Å². The van der Waals surface area contributed by atoms with Crippen molar-refractivity contribution in [1.29, 1.82) is 0 Å². The van der Waals surface area contributed by atoms with Crippen molar-refractivity contribution in [2.45, 2.75) is 6.92 Å². The first-order valence-corrected chi connectivity index (χ1v) is 6.96. The summed E-state index contributed by atoms with van der Waals surface area (Å²) in [5.74, 6) is 0.831. The summed E-state index contributed by atoms with van der Waals surface area (Å²) in [6.45, 7) is 2.06. The summed E-state index contributed by atoms with van der Waals surface area (Å²) < 4.78 is 8.58. The zero-order valence-electron chi connectivity index (χ0n) is 12.5. The van der Waals surface area contributed by atoms with E-state index in [2.05, 4.69) is 29.3 Å². The highest BCUT2D eigenvalue weighted by atomic mass is 16.5. The number of hydrogen-bond donors (Lipinski definition) is 0. The lowest BCUT2D eigenvalue weighted by atomic mass is 10.2. The Balaban J connectivity index is 1.75. The van der Waals surface area contributed by atoms with Crippen LogP contribution in [-0.2, 0) is 0 Å². The van der Waals surface area contributed by atoms with Crippen molar-refractivity contribution in [1.82, 2.24) is 9.78 Å². The molecule has 0 aliphatic rings. The molecule has 110 valence electrons. The third-order valence-corrected chi connectivity index (χ3v) is 3.28. The Morgan fingerprint density at radius 1 is 1.09 bits per heavy atom. The summed E-state index contributed by atoms with van der Waals surface area (Å²) in [4.78, 5) is 0. The van der Waals surface area contributed by atoms with Gasteiger partial charge in [-0.3, -0.25) is 0 Å². The highest BCUT2D eigenvalue weighted by molar-refractivity contribution is 5.79. The van der Waals surface area contributed by atoms with E-state index in [1.165, 1.54) is 5.56 Å². The standard InChI is InChI=1S/C17H17N4O/c1-14-3-7-16(8-4-14)21-13-20(12-19-21)18-11-15-5-9-17(22-2)10-6-15/h3-13H,1-2H3/q+1. The number of aromatic nitrogens is 3. The summed E-state index contributed by atoms with van der Waals surface area (Å²) in [5, 5.41) is 8.66. The van der Waals surface area contributed by atoms with Gasteiger partial charge in [-0.2, -0.15) is 0 Å². The van der Waals surface area contributed by atoms with E-state index in [0.717, 1.165) is 17.0 Å². The SMILES string of the molecule is COc1ccc(C=N[n+]2cnn(-c3ccc(C)cc3)c2)cc1. The number of hydrogen-bond acceptors (Lipinski definition) is 3. The number of rotatable bonds is 4. The van der Waals surface area contributed by atoms with Crippen LogP contribution in [0.3, 0.4) is 0 Å². The zero-order valence-corrected chi connectivity index (χ0v) is 12.5. The lowest BCUT2D eigenvalue weighted by Crippen LogP contribution is -2.24. The maximum absolute atomic E-state index is 5.13. The number of methoxy groups -OCH3 is 1. The van der Waals surface area contributed by atoms with E-state index in [1.54, 1.807) is 29.0 Å². The molecule has 0 amide bonds. The molecule has 3 rings (SSSR count). The van der Waals surface area contributed by atoms with Crippen LogP contribution in [0.5, 0.6) is 5.75 Å². The number of nitrogens with zero attached hydrogens (tertiary/aromatic N) is 4. The van der Waals surface area contributed by atoms with Gasteiger partial charge in [0.05, 0.1) is 13.3 Å². The molecule has 0 unspecified atom stereocenters. The molecule has 1 aromatic heterocycles. The van der Waals surface area contributed by atoms with Gasteiger partial charge in [-0.1, -0.05) is 22.4 Å². The molecule has 0 aliphatic carbocycles. The first-order chi connectivity index (χ1) is 10.7. The molecule has 0 aliphatic heterocycles. The smallest absolute Gasteiger partial charge is 0.289 e. The quantitative estimate of drug-likeness (QED) is 0.547. The van der Waals surface area contributed by atoms with E-state index in [-0.39, 0.29) is 0 Å². The first kappa shape index (κ1) is 14.0. The molecule has 5 nitrogen and oxygen atoms in total. The second-order valence-corrected chi connectivity index (χ2v) is 4.92. The van der Waals surface area contributed by atoms with E-state index in [9.17, 15) is 0 Å². The monoisotopic (exact) mass is 293 g/mol.